The highest BCUT2D eigenvalue weighted by Crippen LogP contribution is 2.23. The maximum Gasteiger partial charge on any atom is 0.254 e. The van der Waals surface area contributed by atoms with Crippen molar-refractivity contribution in [3.05, 3.63) is 48.2 Å². The molecule has 1 N–H and O–H groups in total. The van der Waals surface area contributed by atoms with E-state index in [-0.39, 0.29) is 18.0 Å². The number of nitrogens with zero attached hydrogens (tertiary/aromatic N) is 6. The number of aryl methyl sites for hydroxylation is 1. The van der Waals surface area contributed by atoms with Crippen LogP contribution in [-0.2, 0) is 11.8 Å². The minimum Gasteiger partial charge on any atom is -0.352 e. The van der Waals surface area contributed by atoms with Gasteiger partial charge in [0.05, 0.1) is 23.7 Å². The molecule has 4 rings (SSSR count). The molecule has 1 aromatic carbocycles. The standard InChI is InChI=1S/C19H20FN7O2/c1-25-17-14(10-24-25)18(23-12-22-17)27-8-6-26(7-9-27)16(28)11-21-19(29)13-4-2-3-5-15(13)20/h2-5,10,12H,6-9,11H2,1H3,(H,21,29). The van der Waals surface area contributed by atoms with Crippen molar-refractivity contribution in [2.24, 2.45) is 7.05 Å². The van der Waals surface area contributed by atoms with Gasteiger partial charge in [-0.05, 0) is 12.1 Å². The van der Waals surface area contributed by atoms with Crippen molar-refractivity contribution in [3.63, 3.8) is 0 Å². The zero-order chi connectivity index (χ0) is 20.4. The third-order valence-electron chi connectivity index (χ3n) is 4.96. The van der Waals surface area contributed by atoms with Crippen molar-refractivity contribution in [3.8, 4) is 0 Å². The summed E-state index contributed by atoms with van der Waals surface area (Å²) in [6.07, 6.45) is 3.25. The van der Waals surface area contributed by atoms with Crippen LogP contribution >= 0.6 is 0 Å². The highest BCUT2D eigenvalue weighted by molar-refractivity contribution is 5.96. The lowest BCUT2D eigenvalue weighted by molar-refractivity contribution is -0.130. The zero-order valence-corrected chi connectivity index (χ0v) is 15.9. The van der Waals surface area contributed by atoms with Gasteiger partial charge in [-0.1, -0.05) is 12.1 Å². The SMILES string of the molecule is Cn1ncc2c(N3CCN(C(=O)CNC(=O)c4ccccc4F)CC3)ncnc21. The summed E-state index contributed by atoms with van der Waals surface area (Å²) in [6.45, 7) is 2.04. The van der Waals surface area contributed by atoms with E-state index in [9.17, 15) is 14.0 Å². The van der Waals surface area contributed by atoms with Gasteiger partial charge in [-0.15, -0.1) is 0 Å². The molecular formula is C19H20FN7O2. The Labute approximate surface area is 166 Å². The Morgan fingerprint density at radius 1 is 1.14 bits per heavy atom. The van der Waals surface area contributed by atoms with E-state index >= 15 is 0 Å². The van der Waals surface area contributed by atoms with Crippen LogP contribution in [0.4, 0.5) is 10.2 Å². The van der Waals surface area contributed by atoms with Crippen LogP contribution in [0.2, 0.25) is 0 Å². The number of carbonyl (C=O) groups excluding carboxylic acids is 2. The second kappa shape index (κ2) is 7.82. The monoisotopic (exact) mass is 397 g/mol. The fourth-order valence-corrected chi connectivity index (χ4v) is 3.38. The summed E-state index contributed by atoms with van der Waals surface area (Å²) in [7, 11) is 1.82. The van der Waals surface area contributed by atoms with E-state index in [2.05, 4.69) is 25.3 Å². The number of nitrogens with one attached hydrogen (secondary N) is 1. The summed E-state index contributed by atoms with van der Waals surface area (Å²) in [5.41, 5.74) is 0.679. The lowest BCUT2D eigenvalue weighted by atomic mass is 10.2. The molecule has 1 aliphatic heterocycles. The average Bonchev–Trinajstić information content (AvgIpc) is 3.13. The quantitative estimate of drug-likeness (QED) is 0.692. The number of carbonyl (C=O) groups is 2. The highest BCUT2D eigenvalue weighted by Gasteiger charge is 2.24. The van der Waals surface area contributed by atoms with Crippen LogP contribution in [0.3, 0.4) is 0 Å². The molecule has 10 heteroatoms. The van der Waals surface area contributed by atoms with E-state index in [1.54, 1.807) is 21.8 Å². The summed E-state index contributed by atoms with van der Waals surface area (Å²) < 4.78 is 15.4. The first kappa shape index (κ1) is 18.8. The first-order valence-corrected chi connectivity index (χ1v) is 9.23. The van der Waals surface area contributed by atoms with Gasteiger partial charge < -0.3 is 15.1 Å². The molecule has 2 aromatic heterocycles. The largest absolute Gasteiger partial charge is 0.352 e. The smallest absolute Gasteiger partial charge is 0.254 e. The molecule has 0 bridgehead atoms. The molecule has 0 spiro atoms. The van der Waals surface area contributed by atoms with Crippen LogP contribution in [0, 0.1) is 5.82 Å². The number of hydrogen-bond donors (Lipinski definition) is 1. The van der Waals surface area contributed by atoms with Crippen LogP contribution in [0.1, 0.15) is 10.4 Å². The molecule has 2 amide bonds. The van der Waals surface area contributed by atoms with Gasteiger partial charge in [0.15, 0.2) is 5.65 Å². The Balaban J connectivity index is 1.34. The van der Waals surface area contributed by atoms with Crippen LogP contribution in [0.15, 0.2) is 36.8 Å². The molecule has 3 aromatic rings. The second-order valence-corrected chi connectivity index (χ2v) is 6.73. The molecule has 0 unspecified atom stereocenters. The topological polar surface area (TPSA) is 96.2 Å². The van der Waals surface area contributed by atoms with E-state index in [4.69, 9.17) is 0 Å². The van der Waals surface area contributed by atoms with Gasteiger partial charge in [0.2, 0.25) is 5.91 Å². The molecule has 1 aliphatic rings. The summed E-state index contributed by atoms with van der Waals surface area (Å²) in [5, 5.41) is 7.58. The molecule has 0 aliphatic carbocycles. The van der Waals surface area contributed by atoms with Crippen molar-refractivity contribution in [2.45, 2.75) is 0 Å². The van der Waals surface area contributed by atoms with Crippen molar-refractivity contribution < 1.29 is 14.0 Å². The van der Waals surface area contributed by atoms with Gasteiger partial charge in [-0.3, -0.25) is 14.3 Å². The van der Waals surface area contributed by atoms with E-state index in [0.29, 0.717) is 26.2 Å². The number of anilines is 1. The normalized spacial score (nSPS) is 14.3. The number of aromatic nitrogens is 4. The average molecular weight is 397 g/mol. The highest BCUT2D eigenvalue weighted by atomic mass is 19.1. The Morgan fingerprint density at radius 3 is 2.66 bits per heavy atom. The van der Waals surface area contributed by atoms with Crippen LogP contribution < -0.4 is 10.2 Å². The molecule has 29 heavy (non-hydrogen) atoms. The lowest BCUT2D eigenvalue weighted by Crippen LogP contribution is -2.51. The molecule has 1 fully saturated rings. The molecule has 0 saturated carbocycles. The maximum atomic E-state index is 13.7. The number of amides is 2. The summed E-state index contributed by atoms with van der Waals surface area (Å²) in [4.78, 5) is 36.9. The van der Waals surface area contributed by atoms with Gasteiger partial charge in [0.1, 0.15) is 18.0 Å². The fraction of sp³-hybridized carbons (Fsp3) is 0.316. The predicted molar refractivity (Wildman–Crippen MR) is 104 cm³/mol. The molecule has 0 atom stereocenters. The third-order valence-corrected chi connectivity index (χ3v) is 4.96. The maximum absolute atomic E-state index is 13.7. The first-order valence-electron chi connectivity index (χ1n) is 9.23. The van der Waals surface area contributed by atoms with E-state index in [1.807, 2.05) is 7.05 Å². The van der Waals surface area contributed by atoms with Gasteiger partial charge in [-0.25, -0.2) is 14.4 Å². The van der Waals surface area contributed by atoms with E-state index in [0.717, 1.165) is 16.9 Å². The van der Waals surface area contributed by atoms with Gasteiger partial charge in [0, 0.05) is 33.2 Å². The van der Waals surface area contributed by atoms with Crippen molar-refractivity contribution in [1.29, 1.82) is 0 Å². The molecule has 3 heterocycles. The Kier molecular flexibility index (Phi) is 5.07. The van der Waals surface area contributed by atoms with Crippen molar-refractivity contribution in [2.75, 3.05) is 37.6 Å². The summed E-state index contributed by atoms with van der Waals surface area (Å²) >= 11 is 0. The molecule has 9 nitrogen and oxygen atoms in total. The van der Waals surface area contributed by atoms with Crippen molar-refractivity contribution >= 4 is 28.7 Å². The van der Waals surface area contributed by atoms with Gasteiger partial charge in [-0.2, -0.15) is 5.10 Å². The number of rotatable bonds is 4. The third kappa shape index (κ3) is 3.73. The minimum atomic E-state index is -0.613. The number of piperazine rings is 1. The van der Waals surface area contributed by atoms with Crippen LogP contribution in [-0.4, -0.2) is 69.2 Å². The Bertz CT molecular complexity index is 1060. The Hall–Kier alpha value is -3.56. The number of hydrogen-bond acceptors (Lipinski definition) is 6. The fourth-order valence-electron chi connectivity index (χ4n) is 3.38. The molecule has 0 radical (unpaired) electrons. The van der Waals surface area contributed by atoms with Crippen LogP contribution in [0.5, 0.6) is 0 Å². The van der Waals surface area contributed by atoms with Crippen LogP contribution in [0.25, 0.3) is 11.0 Å². The van der Waals surface area contributed by atoms with Crippen molar-refractivity contribution in [1.82, 2.24) is 30.0 Å². The van der Waals surface area contributed by atoms with Gasteiger partial charge >= 0.3 is 0 Å². The number of benzene rings is 1. The number of fused-ring (bicyclic) bond motifs is 1. The number of halogens is 1. The summed E-state index contributed by atoms with van der Waals surface area (Å²) in [6, 6.07) is 5.68. The molecule has 1 saturated heterocycles. The minimum absolute atomic E-state index is 0.0747. The van der Waals surface area contributed by atoms with Gasteiger partial charge in [0.25, 0.3) is 5.91 Å². The lowest BCUT2D eigenvalue weighted by Gasteiger charge is -2.35. The zero-order valence-electron chi connectivity index (χ0n) is 15.9. The Morgan fingerprint density at radius 2 is 1.90 bits per heavy atom. The predicted octanol–water partition coefficient (Wildman–Crippen LogP) is 0.581. The molecular weight excluding hydrogens is 377 g/mol. The first-order chi connectivity index (χ1) is 14.0. The molecule has 150 valence electrons. The van der Waals surface area contributed by atoms with E-state index < -0.39 is 11.7 Å². The second-order valence-electron chi connectivity index (χ2n) is 6.73. The van der Waals surface area contributed by atoms with E-state index in [1.165, 1.54) is 24.5 Å². The summed E-state index contributed by atoms with van der Waals surface area (Å²) in [5.74, 6) is -0.626.